The second-order valence-corrected chi connectivity index (χ2v) is 5.74. The van der Waals surface area contributed by atoms with Gasteiger partial charge in [-0.2, -0.15) is 0 Å². The summed E-state index contributed by atoms with van der Waals surface area (Å²) in [4.78, 5) is 12.5. The molecule has 0 atom stereocenters. The molecular formula is C23H24O2. The van der Waals surface area contributed by atoms with E-state index in [2.05, 4.69) is 6.58 Å². The Morgan fingerprint density at radius 1 is 1.04 bits per heavy atom. The lowest BCUT2D eigenvalue weighted by Gasteiger charge is -2.14. The van der Waals surface area contributed by atoms with Gasteiger partial charge in [-0.15, -0.1) is 0 Å². The summed E-state index contributed by atoms with van der Waals surface area (Å²) in [6, 6.07) is 19.9. The summed E-state index contributed by atoms with van der Waals surface area (Å²) in [5.41, 5.74) is 4.42. The minimum atomic E-state index is -0.290. The molecule has 2 nitrogen and oxygen atoms in total. The van der Waals surface area contributed by atoms with Gasteiger partial charge >= 0.3 is 5.97 Å². The van der Waals surface area contributed by atoms with Crippen LogP contribution in [-0.2, 0) is 9.53 Å². The normalized spacial score (nSPS) is 11.9. The molecule has 0 aliphatic rings. The molecule has 128 valence electrons. The van der Waals surface area contributed by atoms with Crippen LogP contribution in [0.25, 0.3) is 11.6 Å². The number of carbonyl (C=O) groups excluding carboxylic acids is 1. The quantitative estimate of drug-likeness (QED) is 0.370. The molecule has 0 unspecified atom stereocenters. The highest BCUT2D eigenvalue weighted by atomic mass is 16.5. The molecule has 0 saturated carbocycles. The lowest BCUT2D eigenvalue weighted by molar-refractivity contribution is -0.138. The third-order valence-electron chi connectivity index (χ3n) is 3.74. The van der Waals surface area contributed by atoms with Gasteiger partial charge in [0.1, 0.15) is 0 Å². The van der Waals surface area contributed by atoms with Crippen molar-refractivity contribution >= 4 is 17.6 Å². The van der Waals surface area contributed by atoms with Crippen LogP contribution in [0.15, 0.2) is 84.5 Å². The van der Waals surface area contributed by atoms with Gasteiger partial charge in [0.2, 0.25) is 0 Å². The van der Waals surface area contributed by atoms with Crippen molar-refractivity contribution in [3.05, 3.63) is 95.6 Å². The van der Waals surface area contributed by atoms with E-state index in [1.165, 1.54) is 0 Å². The first-order valence-electron chi connectivity index (χ1n) is 8.46. The molecule has 0 aliphatic heterocycles. The Bertz CT molecular complexity index is 768. The molecule has 0 heterocycles. The number of ether oxygens (including phenoxy) is 1. The molecule has 2 heteroatoms. The zero-order chi connectivity index (χ0) is 18.1. The highest BCUT2D eigenvalue weighted by molar-refractivity contribution is 6.01. The topological polar surface area (TPSA) is 26.3 Å². The SMILES string of the molecule is C=C(C)/C(=C(/C/C=C/c1ccccc1)C(=O)OCC)c1ccccc1. The van der Waals surface area contributed by atoms with Gasteiger partial charge in [-0.25, -0.2) is 4.79 Å². The largest absolute Gasteiger partial charge is 0.463 e. The number of allylic oxidation sites excluding steroid dienone is 3. The van der Waals surface area contributed by atoms with Crippen LogP contribution < -0.4 is 0 Å². The fourth-order valence-corrected chi connectivity index (χ4v) is 2.67. The Balaban J connectivity index is 2.41. The van der Waals surface area contributed by atoms with Gasteiger partial charge in [0.15, 0.2) is 0 Å². The van der Waals surface area contributed by atoms with Crippen LogP contribution in [0, 0.1) is 0 Å². The van der Waals surface area contributed by atoms with Crippen LogP contribution in [0.3, 0.4) is 0 Å². The third kappa shape index (κ3) is 5.32. The van der Waals surface area contributed by atoms with Crippen molar-refractivity contribution in [2.24, 2.45) is 0 Å². The first-order valence-corrected chi connectivity index (χ1v) is 8.46. The van der Waals surface area contributed by atoms with Crippen molar-refractivity contribution in [1.29, 1.82) is 0 Å². The molecule has 2 aromatic carbocycles. The molecular weight excluding hydrogens is 308 g/mol. The molecule has 25 heavy (non-hydrogen) atoms. The average molecular weight is 332 g/mol. The van der Waals surface area contributed by atoms with Gasteiger partial charge in [0, 0.05) is 5.57 Å². The number of hydrogen-bond acceptors (Lipinski definition) is 2. The van der Waals surface area contributed by atoms with Crippen molar-refractivity contribution in [3.63, 3.8) is 0 Å². The van der Waals surface area contributed by atoms with E-state index in [0.29, 0.717) is 18.6 Å². The van der Waals surface area contributed by atoms with Crippen molar-refractivity contribution in [1.82, 2.24) is 0 Å². The van der Waals surface area contributed by atoms with E-state index in [9.17, 15) is 4.79 Å². The number of benzene rings is 2. The summed E-state index contributed by atoms with van der Waals surface area (Å²) in [6.07, 6.45) is 4.50. The van der Waals surface area contributed by atoms with Gasteiger partial charge in [-0.05, 0) is 42.5 Å². The van der Waals surface area contributed by atoms with Gasteiger partial charge in [-0.3, -0.25) is 0 Å². The standard InChI is InChI=1S/C23H24O2/c1-4-25-23(24)21(17-11-14-19-12-7-5-8-13-19)22(18(2)3)20-15-9-6-10-16-20/h5-16H,2,4,17H2,1,3H3/b14-11+,22-21+. The van der Waals surface area contributed by atoms with Gasteiger partial charge < -0.3 is 4.74 Å². The monoisotopic (exact) mass is 332 g/mol. The van der Waals surface area contributed by atoms with Crippen LogP contribution in [0.1, 0.15) is 31.4 Å². The zero-order valence-corrected chi connectivity index (χ0v) is 14.9. The molecule has 2 aromatic rings. The van der Waals surface area contributed by atoms with Crippen molar-refractivity contribution in [3.8, 4) is 0 Å². The molecule has 0 aromatic heterocycles. The van der Waals surface area contributed by atoms with Gasteiger partial charge in [-0.1, -0.05) is 79.4 Å². The van der Waals surface area contributed by atoms with E-state index in [1.54, 1.807) is 0 Å². The lowest BCUT2D eigenvalue weighted by Crippen LogP contribution is -2.10. The van der Waals surface area contributed by atoms with Gasteiger partial charge in [0.05, 0.1) is 6.61 Å². The summed E-state index contributed by atoms with van der Waals surface area (Å²) in [6.45, 7) is 8.16. The van der Waals surface area contributed by atoms with Crippen LogP contribution in [0.4, 0.5) is 0 Å². The number of hydrogen-bond donors (Lipinski definition) is 0. The maximum atomic E-state index is 12.5. The Morgan fingerprint density at radius 2 is 1.64 bits per heavy atom. The Hall–Kier alpha value is -2.87. The maximum Gasteiger partial charge on any atom is 0.334 e. The van der Waals surface area contributed by atoms with E-state index < -0.39 is 0 Å². The fourth-order valence-electron chi connectivity index (χ4n) is 2.67. The summed E-state index contributed by atoms with van der Waals surface area (Å²) >= 11 is 0. The molecule has 0 N–H and O–H groups in total. The molecule has 0 radical (unpaired) electrons. The third-order valence-corrected chi connectivity index (χ3v) is 3.74. The Kier molecular flexibility index (Phi) is 6.97. The Morgan fingerprint density at radius 3 is 2.20 bits per heavy atom. The number of carbonyl (C=O) groups is 1. The molecule has 2 rings (SSSR count). The maximum absolute atomic E-state index is 12.5. The van der Waals surface area contributed by atoms with Crippen LogP contribution in [0.5, 0.6) is 0 Å². The first-order chi connectivity index (χ1) is 12.1. The summed E-state index contributed by atoms with van der Waals surface area (Å²) in [7, 11) is 0. The minimum Gasteiger partial charge on any atom is -0.463 e. The first kappa shape index (κ1) is 18.5. The number of rotatable bonds is 7. The van der Waals surface area contributed by atoms with E-state index in [4.69, 9.17) is 4.74 Å². The lowest BCUT2D eigenvalue weighted by atomic mass is 9.92. The Labute approximate surface area is 150 Å². The van der Waals surface area contributed by atoms with Crippen molar-refractivity contribution in [2.45, 2.75) is 20.3 Å². The average Bonchev–Trinajstić information content (AvgIpc) is 2.62. The van der Waals surface area contributed by atoms with E-state index in [0.717, 1.165) is 22.3 Å². The van der Waals surface area contributed by atoms with Crippen LogP contribution >= 0.6 is 0 Å². The van der Waals surface area contributed by atoms with Crippen molar-refractivity contribution in [2.75, 3.05) is 6.61 Å². The smallest absolute Gasteiger partial charge is 0.334 e. The molecule has 0 bridgehead atoms. The van der Waals surface area contributed by atoms with Crippen LogP contribution in [-0.4, -0.2) is 12.6 Å². The summed E-state index contributed by atoms with van der Waals surface area (Å²) < 4.78 is 5.29. The number of esters is 1. The summed E-state index contributed by atoms with van der Waals surface area (Å²) in [5, 5.41) is 0. The van der Waals surface area contributed by atoms with Gasteiger partial charge in [0.25, 0.3) is 0 Å². The molecule has 0 amide bonds. The zero-order valence-electron chi connectivity index (χ0n) is 14.9. The second-order valence-electron chi connectivity index (χ2n) is 5.74. The molecule has 0 aliphatic carbocycles. The van der Waals surface area contributed by atoms with E-state index in [1.807, 2.05) is 86.7 Å². The van der Waals surface area contributed by atoms with E-state index in [-0.39, 0.29) is 5.97 Å². The van der Waals surface area contributed by atoms with Crippen molar-refractivity contribution < 1.29 is 9.53 Å². The predicted octanol–water partition coefficient (Wildman–Crippen LogP) is 5.68. The molecule has 0 saturated heterocycles. The van der Waals surface area contributed by atoms with E-state index >= 15 is 0 Å². The summed E-state index contributed by atoms with van der Waals surface area (Å²) in [5.74, 6) is -0.290. The predicted molar refractivity (Wildman–Crippen MR) is 105 cm³/mol. The highest BCUT2D eigenvalue weighted by Gasteiger charge is 2.17. The highest BCUT2D eigenvalue weighted by Crippen LogP contribution is 2.28. The second kappa shape index (κ2) is 9.43. The minimum absolute atomic E-state index is 0.290. The molecule has 0 spiro atoms. The fraction of sp³-hybridized carbons (Fsp3) is 0.174. The van der Waals surface area contributed by atoms with Crippen LogP contribution in [0.2, 0.25) is 0 Å². The molecule has 0 fully saturated rings.